The van der Waals surface area contributed by atoms with Crippen LogP contribution in [-0.4, -0.2) is 18.3 Å². The van der Waals surface area contributed by atoms with E-state index in [4.69, 9.17) is 5.11 Å². The van der Waals surface area contributed by atoms with Gasteiger partial charge in [-0.1, -0.05) is 0 Å². The molecule has 2 nitrogen and oxygen atoms in total. The van der Waals surface area contributed by atoms with Gasteiger partial charge in [-0.2, -0.15) is 0 Å². The maximum atomic E-state index is 8.09. The molecule has 3 heteroatoms. The molecule has 6 heavy (non-hydrogen) atoms. The Balaban J connectivity index is 2.49. The summed E-state index contributed by atoms with van der Waals surface area (Å²) >= 11 is 4.23. The van der Waals surface area contributed by atoms with E-state index in [1.807, 2.05) is 0 Å². The molecular formula is C3H7NOS. The number of hydrogen-bond acceptors (Lipinski definition) is 3. The fourth-order valence-electron chi connectivity index (χ4n) is 0.135. The fourth-order valence-corrected chi connectivity index (χ4v) is 0.264. The van der Waals surface area contributed by atoms with Gasteiger partial charge in [0, 0.05) is 19.0 Å². The predicted octanol–water partition coefficient (Wildman–Crippen LogP) is 0.0993. The SMILES string of the molecule is OCCCN=S. The van der Waals surface area contributed by atoms with Crippen molar-refractivity contribution < 1.29 is 5.11 Å². The van der Waals surface area contributed by atoms with E-state index >= 15 is 0 Å². The Bertz CT molecular complexity index is 39.8. The van der Waals surface area contributed by atoms with Gasteiger partial charge in [0.15, 0.2) is 0 Å². The Kier molecular flexibility index (Phi) is 4.96. The molecule has 1 N–H and O–H groups in total. The van der Waals surface area contributed by atoms with Gasteiger partial charge >= 0.3 is 0 Å². The Labute approximate surface area is 42.4 Å². The molecule has 0 rings (SSSR count). The Morgan fingerprint density at radius 3 is 2.50 bits per heavy atom. The normalized spacial score (nSPS) is 8.17. The molecule has 0 atom stereocenters. The second kappa shape index (κ2) is 4.98. The molecule has 0 fully saturated rings. The van der Waals surface area contributed by atoms with Crippen molar-refractivity contribution in [1.82, 2.24) is 0 Å². The van der Waals surface area contributed by atoms with Crippen LogP contribution in [0.15, 0.2) is 4.36 Å². The van der Waals surface area contributed by atoms with Gasteiger partial charge in [0.25, 0.3) is 0 Å². The maximum Gasteiger partial charge on any atom is 0.0542 e. The second-order valence-electron chi connectivity index (χ2n) is 0.930. The van der Waals surface area contributed by atoms with E-state index in [-0.39, 0.29) is 6.61 Å². The zero-order valence-corrected chi connectivity index (χ0v) is 4.24. The Morgan fingerprint density at radius 2 is 2.33 bits per heavy atom. The third-order valence-corrected chi connectivity index (χ3v) is 0.590. The molecule has 0 aromatic rings. The van der Waals surface area contributed by atoms with Crippen LogP contribution in [0.1, 0.15) is 6.42 Å². The van der Waals surface area contributed by atoms with Crippen molar-refractivity contribution in [2.45, 2.75) is 6.42 Å². The van der Waals surface area contributed by atoms with Crippen LogP contribution >= 0.6 is 0 Å². The summed E-state index contributed by atoms with van der Waals surface area (Å²) in [5.74, 6) is 0. The second-order valence-corrected chi connectivity index (χ2v) is 1.19. The Morgan fingerprint density at radius 1 is 1.67 bits per heavy atom. The summed E-state index contributed by atoms with van der Waals surface area (Å²) in [6, 6.07) is 0. The molecular weight excluding hydrogens is 98.1 g/mol. The summed E-state index contributed by atoms with van der Waals surface area (Å²) in [5.41, 5.74) is 0. The van der Waals surface area contributed by atoms with Gasteiger partial charge in [-0.3, -0.25) is 0 Å². The van der Waals surface area contributed by atoms with Crippen LogP contribution in [0.3, 0.4) is 0 Å². The molecule has 0 aliphatic carbocycles. The van der Waals surface area contributed by atoms with Gasteiger partial charge in [0.2, 0.25) is 0 Å². The topological polar surface area (TPSA) is 32.6 Å². The van der Waals surface area contributed by atoms with Crippen LogP contribution in [0.4, 0.5) is 0 Å². The van der Waals surface area contributed by atoms with Crippen molar-refractivity contribution >= 4 is 12.4 Å². The highest BCUT2D eigenvalue weighted by molar-refractivity contribution is 7.47. The van der Waals surface area contributed by atoms with Gasteiger partial charge < -0.3 is 5.11 Å². The van der Waals surface area contributed by atoms with Gasteiger partial charge in [0.1, 0.15) is 0 Å². The molecule has 0 aliphatic rings. The zero-order chi connectivity index (χ0) is 4.83. The molecule has 0 unspecified atom stereocenters. The van der Waals surface area contributed by atoms with Crippen LogP contribution in [0.2, 0.25) is 0 Å². The predicted molar refractivity (Wildman–Crippen MR) is 26.4 cm³/mol. The van der Waals surface area contributed by atoms with E-state index in [0.29, 0.717) is 13.0 Å². The number of aliphatic hydroxyl groups is 1. The molecule has 0 amide bonds. The number of rotatable bonds is 3. The lowest BCUT2D eigenvalue weighted by Gasteiger charge is -1.80. The molecule has 0 aliphatic heterocycles. The van der Waals surface area contributed by atoms with Crippen LogP contribution in [0, 0.1) is 0 Å². The standard InChI is InChI=1S/C3H7NOS/c5-3-1-2-4-6/h5H,1-3H2. The first-order valence-corrected chi connectivity index (χ1v) is 2.18. The van der Waals surface area contributed by atoms with Crippen LogP contribution in [0.25, 0.3) is 0 Å². The van der Waals surface area contributed by atoms with Crippen molar-refractivity contribution in [3.63, 3.8) is 0 Å². The van der Waals surface area contributed by atoms with Crippen molar-refractivity contribution in [1.29, 1.82) is 0 Å². The highest BCUT2D eigenvalue weighted by Gasteiger charge is 1.74. The van der Waals surface area contributed by atoms with E-state index in [1.165, 1.54) is 0 Å². The molecule has 36 valence electrons. The minimum atomic E-state index is 0.195. The summed E-state index contributed by atoms with van der Waals surface area (Å²) in [6.45, 7) is 0.798. The number of aliphatic hydroxyl groups excluding tert-OH is 1. The smallest absolute Gasteiger partial charge is 0.0542 e. The maximum absolute atomic E-state index is 8.09. The third-order valence-electron chi connectivity index (χ3n) is 0.408. The molecule has 0 aromatic carbocycles. The Hall–Kier alpha value is -0.0200. The van der Waals surface area contributed by atoms with Crippen molar-refractivity contribution in [2.24, 2.45) is 4.36 Å². The summed E-state index contributed by atoms with van der Waals surface area (Å²) in [7, 11) is 0. The lowest BCUT2D eigenvalue weighted by Crippen LogP contribution is -1.83. The van der Waals surface area contributed by atoms with Gasteiger partial charge in [0.05, 0.1) is 6.54 Å². The summed E-state index contributed by atoms with van der Waals surface area (Å²) < 4.78 is 3.35. The highest BCUT2D eigenvalue weighted by Crippen LogP contribution is 1.73. The quantitative estimate of drug-likeness (QED) is 0.516. The van der Waals surface area contributed by atoms with Crippen LogP contribution in [-0.2, 0) is 12.4 Å². The third kappa shape index (κ3) is 3.98. The first kappa shape index (κ1) is 5.98. The average Bonchev–Trinajstić information content (AvgIpc) is 1.61. The van der Waals surface area contributed by atoms with E-state index < -0.39 is 0 Å². The van der Waals surface area contributed by atoms with Crippen molar-refractivity contribution in [3.8, 4) is 0 Å². The highest BCUT2D eigenvalue weighted by atomic mass is 32.1. The van der Waals surface area contributed by atoms with Crippen molar-refractivity contribution in [3.05, 3.63) is 0 Å². The number of nitrogens with zero attached hydrogens (tertiary/aromatic N) is 1. The van der Waals surface area contributed by atoms with Gasteiger partial charge in [-0.05, 0) is 6.42 Å². The van der Waals surface area contributed by atoms with Crippen molar-refractivity contribution in [2.75, 3.05) is 13.2 Å². The molecule has 0 heterocycles. The lowest BCUT2D eigenvalue weighted by atomic mass is 10.5. The molecule has 0 radical (unpaired) electrons. The number of hydrogen-bond donors (Lipinski definition) is 1. The first-order valence-electron chi connectivity index (χ1n) is 1.82. The fraction of sp³-hybridized carbons (Fsp3) is 1.00. The van der Waals surface area contributed by atoms with Gasteiger partial charge in [-0.15, -0.1) is 0 Å². The minimum Gasteiger partial charge on any atom is -0.396 e. The molecule has 0 bridgehead atoms. The minimum absolute atomic E-state index is 0.195. The van der Waals surface area contributed by atoms with E-state index in [0.717, 1.165) is 0 Å². The van der Waals surface area contributed by atoms with E-state index in [2.05, 4.69) is 16.8 Å². The van der Waals surface area contributed by atoms with Gasteiger partial charge in [-0.25, -0.2) is 4.36 Å². The van der Waals surface area contributed by atoms with Crippen LogP contribution < -0.4 is 0 Å². The summed E-state index contributed by atoms with van der Waals surface area (Å²) in [4.78, 5) is 0. The summed E-state index contributed by atoms with van der Waals surface area (Å²) in [6.07, 6.45) is 0.698. The molecule has 0 spiro atoms. The summed E-state index contributed by atoms with van der Waals surface area (Å²) in [5, 5.41) is 8.09. The lowest BCUT2D eigenvalue weighted by molar-refractivity contribution is 0.291. The van der Waals surface area contributed by atoms with E-state index in [9.17, 15) is 0 Å². The first-order chi connectivity index (χ1) is 2.91. The van der Waals surface area contributed by atoms with E-state index in [1.54, 1.807) is 0 Å². The molecule has 0 saturated heterocycles. The molecule has 0 aromatic heterocycles. The monoisotopic (exact) mass is 105 g/mol. The average molecular weight is 105 g/mol. The zero-order valence-electron chi connectivity index (χ0n) is 3.42. The molecule has 0 saturated carbocycles. The van der Waals surface area contributed by atoms with Crippen LogP contribution in [0.5, 0.6) is 0 Å². The largest absolute Gasteiger partial charge is 0.396 e.